The molecular weight excluding hydrogens is 826 g/mol. The first kappa shape index (κ1) is 43.8. The van der Waals surface area contributed by atoms with Crippen molar-refractivity contribution in [1.29, 1.82) is 0 Å². The second-order valence-corrected chi connectivity index (χ2v) is 18.3. The summed E-state index contributed by atoms with van der Waals surface area (Å²) in [4.78, 5) is 33.7. The molecule has 58 heavy (non-hydrogen) atoms. The SMILES string of the molecule is Cc1ccc(S(=O)(=O)c2c(NC(=O)C(C)(C)C)[nH]c(/C=C3\[N-]C(=NC(=O)CCCCO)C(S(=O)(=O)c4ccccc4)=C3c3ccccc3)c2-c2ccccc2)cc1.[Zn+2]. The first-order valence-corrected chi connectivity index (χ1v) is 21.3. The Morgan fingerprint density at radius 3 is 1.90 bits per heavy atom. The summed E-state index contributed by atoms with van der Waals surface area (Å²) in [6, 6.07) is 31.5. The Morgan fingerprint density at radius 1 is 0.776 bits per heavy atom. The summed E-state index contributed by atoms with van der Waals surface area (Å²) in [7, 11) is -8.73. The molecule has 0 saturated carbocycles. The molecule has 3 N–H and O–H groups in total. The minimum Gasteiger partial charge on any atom is -0.434 e. The van der Waals surface area contributed by atoms with Gasteiger partial charge in [0.05, 0.1) is 14.7 Å². The van der Waals surface area contributed by atoms with Crippen LogP contribution in [0.4, 0.5) is 5.82 Å². The van der Waals surface area contributed by atoms with Crippen LogP contribution in [0.15, 0.2) is 146 Å². The molecular formula is C44H43N4O7S2Zn+. The van der Waals surface area contributed by atoms with Crippen LogP contribution in [-0.2, 0) is 48.7 Å². The van der Waals surface area contributed by atoms with Gasteiger partial charge in [-0.15, -0.1) is 0 Å². The zero-order chi connectivity index (χ0) is 41.0. The summed E-state index contributed by atoms with van der Waals surface area (Å²) in [5, 5.41) is 16.8. The molecule has 4 aromatic carbocycles. The Morgan fingerprint density at radius 2 is 1.33 bits per heavy atom. The van der Waals surface area contributed by atoms with Crippen LogP contribution in [0, 0.1) is 12.3 Å². The number of aliphatic hydroxyl groups is 1. The number of hydrogen-bond acceptors (Lipinski definition) is 7. The number of allylic oxidation sites excluding steroid dienone is 1. The number of carbonyl (C=O) groups excluding carboxylic acids is 2. The monoisotopic (exact) mass is 867 g/mol. The number of aryl methyl sites for hydroxylation is 1. The van der Waals surface area contributed by atoms with Crippen molar-refractivity contribution in [3.05, 3.63) is 148 Å². The number of aromatic nitrogens is 1. The number of sulfone groups is 2. The van der Waals surface area contributed by atoms with Crippen molar-refractivity contribution in [2.45, 2.75) is 61.6 Å². The minimum absolute atomic E-state index is 0. The zero-order valence-electron chi connectivity index (χ0n) is 32.7. The molecule has 0 saturated heterocycles. The van der Waals surface area contributed by atoms with E-state index in [-0.39, 0.29) is 86.3 Å². The summed E-state index contributed by atoms with van der Waals surface area (Å²) < 4.78 is 58.8. The van der Waals surface area contributed by atoms with Crippen molar-refractivity contribution in [1.82, 2.24) is 4.98 Å². The normalized spacial score (nSPS) is 14.6. The quantitative estimate of drug-likeness (QED) is 0.0832. The van der Waals surface area contributed by atoms with Crippen molar-refractivity contribution >= 4 is 54.8 Å². The van der Waals surface area contributed by atoms with Crippen LogP contribution in [0.25, 0.3) is 28.1 Å². The number of nitrogens with one attached hydrogen (secondary N) is 2. The maximum Gasteiger partial charge on any atom is 2.00 e. The fraction of sp³-hybridized carbons (Fsp3) is 0.205. The molecule has 6 rings (SSSR count). The molecule has 2 heterocycles. The van der Waals surface area contributed by atoms with E-state index in [1.54, 1.807) is 112 Å². The average Bonchev–Trinajstić information content (AvgIpc) is 3.74. The summed E-state index contributed by atoms with van der Waals surface area (Å²) in [6.07, 6.45) is 2.15. The predicted octanol–water partition coefficient (Wildman–Crippen LogP) is 8.51. The third-order valence-electron chi connectivity index (χ3n) is 9.17. The largest absolute Gasteiger partial charge is 2.00 e. The topological polar surface area (TPSA) is 177 Å². The van der Waals surface area contributed by atoms with Gasteiger partial charge in [-0.1, -0.05) is 117 Å². The smallest absolute Gasteiger partial charge is 0.434 e. The molecule has 0 spiro atoms. The third kappa shape index (κ3) is 9.37. The minimum atomic E-state index is -4.38. The molecule has 294 valence electrons. The molecule has 2 amide bonds. The number of aromatic amines is 1. The molecule has 1 aliphatic heterocycles. The summed E-state index contributed by atoms with van der Waals surface area (Å²) in [5.41, 5.74) is 1.47. The van der Waals surface area contributed by atoms with E-state index in [4.69, 9.17) is 5.32 Å². The molecule has 1 aliphatic rings. The van der Waals surface area contributed by atoms with Crippen LogP contribution < -0.4 is 5.32 Å². The van der Waals surface area contributed by atoms with Gasteiger partial charge in [0.15, 0.2) is 0 Å². The number of carbonyl (C=O) groups is 2. The molecule has 5 aromatic rings. The Hall–Kier alpha value is -5.27. The number of benzene rings is 4. The first-order valence-electron chi connectivity index (χ1n) is 18.3. The van der Waals surface area contributed by atoms with E-state index in [2.05, 4.69) is 15.3 Å². The third-order valence-corrected chi connectivity index (χ3v) is 12.8. The fourth-order valence-electron chi connectivity index (χ4n) is 6.18. The second kappa shape index (κ2) is 18.1. The number of amidine groups is 1. The Balaban J connectivity index is 0.00000641. The number of H-pyrrole nitrogens is 1. The van der Waals surface area contributed by atoms with Crippen molar-refractivity contribution < 1.29 is 51.0 Å². The summed E-state index contributed by atoms with van der Waals surface area (Å²) >= 11 is 0. The number of anilines is 1. The van der Waals surface area contributed by atoms with Gasteiger partial charge in [-0.2, -0.15) is 0 Å². The average molecular weight is 869 g/mol. The van der Waals surface area contributed by atoms with E-state index < -0.39 is 36.9 Å². The van der Waals surface area contributed by atoms with Crippen LogP contribution >= 0.6 is 0 Å². The van der Waals surface area contributed by atoms with Crippen LogP contribution in [0.3, 0.4) is 0 Å². The summed E-state index contributed by atoms with van der Waals surface area (Å²) in [5.74, 6) is -1.50. The zero-order valence-corrected chi connectivity index (χ0v) is 37.3. The van der Waals surface area contributed by atoms with Crippen molar-refractivity contribution in [2.24, 2.45) is 10.4 Å². The summed E-state index contributed by atoms with van der Waals surface area (Å²) in [6.45, 7) is 6.84. The van der Waals surface area contributed by atoms with Gasteiger partial charge in [0.1, 0.15) is 16.6 Å². The molecule has 1 aromatic heterocycles. The number of rotatable bonds is 12. The van der Waals surface area contributed by atoms with E-state index in [1.165, 1.54) is 30.3 Å². The standard InChI is InChI=1S/C44H44N4O7S2.Zn/c1-29-23-25-33(26-24-29)57(54,55)40-38(31-18-10-6-11-19-31)35(46-42(40)48-43(51)44(2,3)4)28-34-37(30-16-8-5-9-17-30)39(56(52,53)32-20-12-7-13-21-32)41(45-34)47-36(50)22-14-15-27-49;/h5-13,16-21,23-26,28,49H,14-15,22,27H2,1-4H3,(H3,45,46,47,48,50,51);/q;+2/p-1. The molecule has 0 bridgehead atoms. The van der Waals surface area contributed by atoms with Crippen molar-refractivity contribution in [2.75, 3.05) is 11.9 Å². The van der Waals surface area contributed by atoms with Gasteiger partial charge < -0.3 is 25.7 Å². The number of hydrogen-bond donors (Lipinski definition) is 3. The van der Waals surface area contributed by atoms with E-state index in [0.29, 0.717) is 24.0 Å². The van der Waals surface area contributed by atoms with E-state index in [9.17, 15) is 31.5 Å². The van der Waals surface area contributed by atoms with Crippen LogP contribution in [0.2, 0.25) is 0 Å². The molecule has 0 fully saturated rings. The maximum atomic E-state index is 14.8. The van der Waals surface area contributed by atoms with Gasteiger partial charge in [-0.3, -0.25) is 9.59 Å². The Kier molecular flexibility index (Phi) is 13.7. The number of aliphatic hydroxyl groups excluding tert-OH is 1. The number of unbranched alkanes of at least 4 members (excludes halogenated alkanes) is 1. The van der Waals surface area contributed by atoms with Crippen LogP contribution in [0.5, 0.6) is 0 Å². The van der Waals surface area contributed by atoms with Gasteiger partial charge in [0.2, 0.25) is 25.6 Å². The number of amides is 2. The first-order chi connectivity index (χ1) is 27.1. The number of nitrogens with zero attached hydrogens (tertiary/aromatic N) is 2. The fourth-order valence-corrected chi connectivity index (χ4v) is 9.35. The van der Waals surface area contributed by atoms with E-state index >= 15 is 0 Å². The Labute approximate surface area is 352 Å². The van der Waals surface area contributed by atoms with Gasteiger partial charge >= 0.3 is 19.5 Å². The van der Waals surface area contributed by atoms with Crippen molar-refractivity contribution in [3.8, 4) is 11.1 Å². The Bertz CT molecular complexity index is 2610. The molecule has 0 unspecified atom stereocenters. The van der Waals surface area contributed by atoms with Crippen LogP contribution in [-0.4, -0.2) is 51.2 Å². The predicted molar refractivity (Wildman–Crippen MR) is 223 cm³/mol. The molecule has 11 nitrogen and oxygen atoms in total. The van der Waals surface area contributed by atoms with E-state index in [0.717, 1.165) is 5.56 Å². The van der Waals surface area contributed by atoms with Gasteiger partial charge in [0.25, 0.3) is 0 Å². The van der Waals surface area contributed by atoms with Crippen molar-refractivity contribution in [3.63, 3.8) is 0 Å². The van der Waals surface area contributed by atoms with E-state index in [1.807, 2.05) is 6.92 Å². The molecule has 14 heteroatoms. The molecule has 0 atom stereocenters. The van der Waals surface area contributed by atoms with Gasteiger partial charge in [-0.25, -0.2) is 16.8 Å². The second-order valence-electron chi connectivity index (χ2n) is 14.5. The number of aliphatic imine (C=N–C) groups is 1. The van der Waals surface area contributed by atoms with Crippen LogP contribution in [0.1, 0.15) is 56.9 Å². The maximum absolute atomic E-state index is 14.8. The molecule has 0 aliphatic carbocycles. The molecule has 0 radical (unpaired) electrons. The van der Waals surface area contributed by atoms with Gasteiger partial charge in [0, 0.05) is 35.3 Å². The van der Waals surface area contributed by atoms with Gasteiger partial charge in [-0.05, 0) is 72.8 Å².